The number of hydrogen-bond donors (Lipinski definition) is 1. The zero-order valence-corrected chi connectivity index (χ0v) is 15.2. The molecule has 1 amide bonds. The van der Waals surface area contributed by atoms with E-state index in [1.807, 2.05) is 6.07 Å². The van der Waals surface area contributed by atoms with Gasteiger partial charge in [-0.2, -0.15) is 0 Å². The lowest BCUT2D eigenvalue weighted by atomic mass is 10.1. The molecule has 0 spiro atoms. The van der Waals surface area contributed by atoms with Crippen LogP contribution in [0.15, 0.2) is 83.5 Å². The first kappa shape index (κ1) is 19.0. The highest BCUT2D eigenvalue weighted by molar-refractivity contribution is 5.97. The highest BCUT2D eigenvalue weighted by Crippen LogP contribution is 2.22. The first-order valence-corrected chi connectivity index (χ1v) is 8.58. The van der Waals surface area contributed by atoms with Crippen LogP contribution >= 0.6 is 0 Å². The van der Waals surface area contributed by atoms with E-state index in [9.17, 15) is 9.59 Å². The zero-order valence-electron chi connectivity index (χ0n) is 15.2. The molecule has 1 N–H and O–H groups in total. The van der Waals surface area contributed by atoms with E-state index < -0.39 is 18.0 Å². The minimum Gasteiger partial charge on any atom is -0.497 e. The number of benzene rings is 2. The van der Waals surface area contributed by atoms with Gasteiger partial charge in [-0.05, 0) is 30.3 Å². The molecule has 0 saturated carbocycles. The quantitative estimate of drug-likeness (QED) is 0.493. The molecular formula is C22H19NO5. The van der Waals surface area contributed by atoms with Gasteiger partial charge in [0.25, 0.3) is 5.91 Å². The van der Waals surface area contributed by atoms with E-state index in [-0.39, 0.29) is 0 Å². The van der Waals surface area contributed by atoms with Gasteiger partial charge in [-0.3, -0.25) is 4.79 Å². The summed E-state index contributed by atoms with van der Waals surface area (Å²) in [5.41, 5.74) is 1.09. The average molecular weight is 377 g/mol. The molecular weight excluding hydrogens is 358 g/mol. The largest absolute Gasteiger partial charge is 0.497 e. The molecule has 0 aliphatic carbocycles. The smallest absolute Gasteiger partial charge is 0.332 e. The van der Waals surface area contributed by atoms with Gasteiger partial charge in [-0.15, -0.1) is 0 Å². The number of esters is 1. The van der Waals surface area contributed by atoms with Crippen LogP contribution in [0.3, 0.4) is 0 Å². The van der Waals surface area contributed by atoms with E-state index in [4.69, 9.17) is 13.9 Å². The molecule has 1 atom stereocenters. The second-order valence-electron chi connectivity index (χ2n) is 5.80. The highest BCUT2D eigenvalue weighted by atomic mass is 16.5. The Kier molecular flexibility index (Phi) is 6.25. The SMILES string of the molecule is COc1cccc(NC(=O)C(OC(=O)C=Cc2ccco2)c2ccccc2)c1. The lowest BCUT2D eigenvalue weighted by Gasteiger charge is -2.17. The number of ether oxygens (including phenoxy) is 2. The van der Waals surface area contributed by atoms with Crippen LogP contribution in [-0.4, -0.2) is 19.0 Å². The number of hydrogen-bond acceptors (Lipinski definition) is 5. The molecule has 1 heterocycles. The van der Waals surface area contributed by atoms with Crippen LogP contribution in [0, 0.1) is 0 Å². The summed E-state index contributed by atoms with van der Waals surface area (Å²) in [6, 6.07) is 19.1. The molecule has 1 aromatic heterocycles. The third-order valence-electron chi connectivity index (χ3n) is 3.84. The first-order valence-electron chi connectivity index (χ1n) is 8.58. The Hall–Kier alpha value is -3.80. The fourth-order valence-electron chi connectivity index (χ4n) is 2.50. The molecule has 0 radical (unpaired) electrons. The van der Waals surface area contributed by atoms with Gasteiger partial charge in [0.05, 0.1) is 13.4 Å². The van der Waals surface area contributed by atoms with Crippen LogP contribution in [0.4, 0.5) is 5.69 Å². The van der Waals surface area contributed by atoms with Crippen molar-refractivity contribution in [2.24, 2.45) is 0 Å². The summed E-state index contributed by atoms with van der Waals surface area (Å²) >= 11 is 0. The number of methoxy groups -OCH3 is 1. The van der Waals surface area contributed by atoms with Crippen molar-refractivity contribution in [1.29, 1.82) is 0 Å². The predicted molar refractivity (Wildman–Crippen MR) is 105 cm³/mol. The van der Waals surface area contributed by atoms with Crippen LogP contribution in [0.5, 0.6) is 5.75 Å². The summed E-state index contributed by atoms with van der Waals surface area (Å²) in [5.74, 6) is -0.0215. The second kappa shape index (κ2) is 9.23. The van der Waals surface area contributed by atoms with E-state index >= 15 is 0 Å². The number of carbonyl (C=O) groups is 2. The van der Waals surface area contributed by atoms with Crippen molar-refractivity contribution in [1.82, 2.24) is 0 Å². The molecule has 0 fully saturated rings. The minimum atomic E-state index is -1.11. The van der Waals surface area contributed by atoms with Crippen LogP contribution in [0.25, 0.3) is 6.08 Å². The van der Waals surface area contributed by atoms with E-state index in [2.05, 4.69) is 5.32 Å². The van der Waals surface area contributed by atoms with Gasteiger partial charge in [0.2, 0.25) is 6.10 Å². The molecule has 142 valence electrons. The average Bonchev–Trinajstić information content (AvgIpc) is 3.25. The number of carbonyl (C=O) groups excluding carboxylic acids is 2. The van der Waals surface area contributed by atoms with Crippen molar-refractivity contribution < 1.29 is 23.5 Å². The Labute approximate surface area is 162 Å². The van der Waals surface area contributed by atoms with Crippen molar-refractivity contribution in [3.63, 3.8) is 0 Å². The Balaban J connectivity index is 1.76. The van der Waals surface area contributed by atoms with Crippen molar-refractivity contribution in [2.75, 3.05) is 12.4 Å². The first-order chi connectivity index (χ1) is 13.7. The van der Waals surface area contributed by atoms with Gasteiger partial charge in [0.15, 0.2) is 0 Å². The third-order valence-corrected chi connectivity index (χ3v) is 3.84. The Bertz CT molecular complexity index is 948. The predicted octanol–water partition coefficient (Wildman–Crippen LogP) is 4.22. The van der Waals surface area contributed by atoms with Crippen LogP contribution in [-0.2, 0) is 14.3 Å². The summed E-state index contributed by atoms with van der Waals surface area (Å²) in [7, 11) is 1.54. The fourth-order valence-corrected chi connectivity index (χ4v) is 2.50. The third kappa shape index (κ3) is 5.11. The van der Waals surface area contributed by atoms with E-state index in [1.165, 1.54) is 18.4 Å². The highest BCUT2D eigenvalue weighted by Gasteiger charge is 2.24. The second-order valence-corrected chi connectivity index (χ2v) is 5.80. The number of furan rings is 1. The van der Waals surface area contributed by atoms with Crippen molar-refractivity contribution in [2.45, 2.75) is 6.10 Å². The van der Waals surface area contributed by atoms with E-state index in [0.717, 1.165) is 0 Å². The topological polar surface area (TPSA) is 77.8 Å². The van der Waals surface area contributed by atoms with Crippen LogP contribution in [0.1, 0.15) is 17.4 Å². The molecule has 0 aliphatic rings. The monoisotopic (exact) mass is 377 g/mol. The van der Waals surface area contributed by atoms with Crippen LogP contribution < -0.4 is 10.1 Å². The van der Waals surface area contributed by atoms with E-state index in [0.29, 0.717) is 22.8 Å². The molecule has 2 aromatic carbocycles. The zero-order chi connectivity index (χ0) is 19.8. The van der Waals surface area contributed by atoms with Crippen LogP contribution in [0.2, 0.25) is 0 Å². The summed E-state index contributed by atoms with van der Waals surface area (Å²) in [6.45, 7) is 0. The van der Waals surface area contributed by atoms with Gasteiger partial charge in [0.1, 0.15) is 11.5 Å². The fraction of sp³-hybridized carbons (Fsp3) is 0.0909. The standard InChI is InChI=1S/C22H19NO5/c1-26-19-10-5-9-17(15-19)23-22(25)21(16-7-3-2-4-8-16)28-20(24)13-12-18-11-6-14-27-18/h2-15,21H,1H3,(H,23,25). The molecule has 3 rings (SSSR count). The molecule has 0 aliphatic heterocycles. The minimum absolute atomic E-state index is 0.473. The molecule has 1 unspecified atom stereocenters. The van der Waals surface area contributed by atoms with Gasteiger partial charge in [-0.25, -0.2) is 4.79 Å². The molecule has 0 bridgehead atoms. The van der Waals surface area contributed by atoms with Gasteiger partial charge < -0.3 is 19.2 Å². The summed E-state index contributed by atoms with van der Waals surface area (Å²) in [6.07, 6.45) is 3.08. The summed E-state index contributed by atoms with van der Waals surface area (Å²) < 4.78 is 15.7. The number of anilines is 1. The van der Waals surface area contributed by atoms with Crippen molar-refractivity contribution in [3.05, 3.63) is 90.4 Å². The lowest BCUT2D eigenvalue weighted by molar-refractivity contribution is -0.149. The normalized spacial score (nSPS) is 11.8. The van der Waals surface area contributed by atoms with Gasteiger partial charge in [0, 0.05) is 23.4 Å². The molecule has 0 saturated heterocycles. The molecule has 6 nitrogen and oxygen atoms in total. The molecule has 28 heavy (non-hydrogen) atoms. The van der Waals surface area contributed by atoms with E-state index in [1.54, 1.807) is 67.8 Å². The Morgan fingerprint density at radius 2 is 1.86 bits per heavy atom. The maximum Gasteiger partial charge on any atom is 0.332 e. The number of rotatable bonds is 7. The molecule has 3 aromatic rings. The van der Waals surface area contributed by atoms with Crippen molar-refractivity contribution >= 4 is 23.6 Å². The van der Waals surface area contributed by atoms with Gasteiger partial charge >= 0.3 is 5.97 Å². The summed E-state index contributed by atoms with van der Waals surface area (Å²) in [4.78, 5) is 25.0. The maximum absolute atomic E-state index is 12.8. The Morgan fingerprint density at radius 3 is 2.57 bits per heavy atom. The maximum atomic E-state index is 12.8. The Morgan fingerprint density at radius 1 is 1.04 bits per heavy atom. The number of amides is 1. The number of nitrogens with one attached hydrogen (secondary N) is 1. The lowest BCUT2D eigenvalue weighted by Crippen LogP contribution is -2.25. The van der Waals surface area contributed by atoms with Crippen molar-refractivity contribution in [3.8, 4) is 5.75 Å². The molecule has 6 heteroatoms. The van der Waals surface area contributed by atoms with Gasteiger partial charge in [-0.1, -0.05) is 36.4 Å². The summed E-state index contributed by atoms with van der Waals surface area (Å²) in [5, 5.41) is 2.75.